The highest BCUT2D eigenvalue weighted by Crippen LogP contribution is 2.34. The normalized spacial score (nSPS) is 16.7. The number of pyridine rings is 1. The summed E-state index contributed by atoms with van der Waals surface area (Å²) in [5.41, 5.74) is 2.16. The Bertz CT molecular complexity index is 790. The molecule has 1 fully saturated rings. The van der Waals surface area contributed by atoms with E-state index in [0.29, 0.717) is 30.3 Å². The van der Waals surface area contributed by atoms with Crippen molar-refractivity contribution in [2.75, 3.05) is 49.6 Å². The van der Waals surface area contributed by atoms with Crippen molar-refractivity contribution in [1.29, 1.82) is 0 Å². The Labute approximate surface area is 152 Å². The molecule has 1 saturated heterocycles. The summed E-state index contributed by atoms with van der Waals surface area (Å²) in [4.78, 5) is 19.4. The van der Waals surface area contributed by atoms with Gasteiger partial charge >= 0.3 is 0 Å². The van der Waals surface area contributed by atoms with Crippen molar-refractivity contribution in [3.8, 4) is 11.5 Å². The van der Waals surface area contributed by atoms with E-state index < -0.39 is 0 Å². The lowest BCUT2D eigenvalue weighted by Crippen LogP contribution is -2.43. The molecule has 2 N–H and O–H groups in total. The first-order valence-corrected chi connectivity index (χ1v) is 8.92. The number of fused-ring (bicyclic) bond motifs is 1. The Hall–Kier alpha value is -2.80. The number of carbonyl (C=O) groups excluding carboxylic acids is 1. The largest absolute Gasteiger partial charge is 0.490 e. The molecule has 4 rings (SSSR count). The molecule has 1 aromatic heterocycles. The molecule has 7 nitrogen and oxygen atoms in total. The van der Waals surface area contributed by atoms with Gasteiger partial charge in [0.1, 0.15) is 0 Å². The van der Waals surface area contributed by atoms with Crippen LogP contribution in [0.25, 0.3) is 0 Å². The van der Waals surface area contributed by atoms with Crippen molar-refractivity contribution < 1.29 is 14.3 Å². The predicted molar refractivity (Wildman–Crippen MR) is 99.3 cm³/mol. The van der Waals surface area contributed by atoms with Gasteiger partial charge in [-0.05, 0) is 18.2 Å². The monoisotopic (exact) mass is 354 g/mol. The van der Waals surface area contributed by atoms with E-state index in [9.17, 15) is 4.79 Å². The molecule has 2 aromatic rings. The first-order chi connectivity index (χ1) is 12.8. The predicted octanol–water partition coefficient (Wildman–Crippen LogP) is 1.90. The minimum Gasteiger partial charge on any atom is -0.490 e. The molecule has 0 spiro atoms. The molecule has 7 heteroatoms. The zero-order valence-electron chi connectivity index (χ0n) is 14.5. The van der Waals surface area contributed by atoms with Gasteiger partial charge in [-0.25, -0.2) is 0 Å². The van der Waals surface area contributed by atoms with Gasteiger partial charge in [-0.1, -0.05) is 6.07 Å². The van der Waals surface area contributed by atoms with Crippen molar-refractivity contribution in [2.45, 2.75) is 6.42 Å². The third-order valence-corrected chi connectivity index (χ3v) is 4.52. The summed E-state index contributed by atoms with van der Waals surface area (Å²) >= 11 is 0. The lowest BCUT2D eigenvalue weighted by atomic mass is 10.1. The molecule has 0 unspecified atom stereocenters. The van der Waals surface area contributed by atoms with Gasteiger partial charge in [0.25, 0.3) is 5.91 Å². The maximum Gasteiger partial charge on any atom is 0.259 e. The highest BCUT2D eigenvalue weighted by molar-refractivity contribution is 6.08. The molecule has 2 aliphatic rings. The van der Waals surface area contributed by atoms with E-state index in [2.05, 4.69) is 20.5 Å². The minimum absolute atomic E-state index is 0.213. The Morgan fingerprint density at radius 2 is 2.00 bits per heavy atom. The van der Waals surface area contributed by atoms with Gasteiger partial charge in [0.05, 0.1) is 36.3 Å². The summed E-state index contributed by atoms with van der Waals surface area (Å²) < 4.78 is 11.4. The van der Waals surface area contributed by atoms with Gasteiger partial charge in [-0.15, -0.1) is 0 Å². The molecule has 3 heterocycles. The smallest absolute Gasteiger partial charge is 0.259 e. The molecule has 136 valence electrons. The Morgan fingerprint density at radius 3 is 2.88 bits per heavy atom. The van der Waals surface area contributed by atoms with E-state index in [1.807, 2.05) is 18.2 Å². The summed E-state index contributed by atoms with van der Waals surface area (Å²) in [6.07, 6.45) is 4.28. The van der Waals surface area contributed by atoms with Gasteiger partial charge < -0.3 is 25.0 Å². The third-order valence-electron chi connectivity index (χ3n) is 4.52. The molecule has 0 bridgehead atoms. The van der Waals surface area contributed by atoms with E-state index in [0.717, 1.165) is 44.0 Å². The minimum atomic E-state index is -0.213. The quantitative estimate of drug-likeness (QED) is 0.877. The molecule has 2 aliphatic heterocycles. The van der Waals surface area contributed by atoms with Crippen molar-refractivity contribution in [1.82, 2.24) is 10.3 Å². The maximum atomic E-state index is 12.9. The lowest BCUT2D eigenvalue weighted by molar-refractivity contribution is 0.102. The van der Waals surface area contributed by atoms with Crippen LogP contribution in [0.2, 0.25) is 0 Å². The second-order valence-electron chi connectivity index (χ2n) is 6.27. The number of nitrogens with one attached hydrogen (secondary N) is 2. The number of amides is 1. The molecule has 0 saturated carbocycles. The molecule has 1 amide bonds. The van der Waals surface area contributed by atoms with Crippen LogP contribution in [0.3, 0.4) is 0 Å². The number of anilines is 2. The first-order valence-electron chi connectivity index (χ1n) is 8.92. The maximum absolute atomic E-state index is 12.9. The number of hydrogen-bond donors (Lipinski definition) is 2. The average molecular weight is 354 g/mol. The van der Waals surface area contributed by atoms with Crippen LogP contribution in [0.4, 0.5) is 11.4 Å². The molecule has 0 radical (unpaired) electrons. The molecular formula is C19H22N4O3. The molecular weight excluding hydrogens is 332 g/mol. The zero-order chi connectivity index (χ0) is 17.8. The van der Waals surface area contributed by atoms with Crippen LogP contribution < -0.4 is 25.0 Å². The number of piperazine rings is 1. The van der Waals surface area contributed by atoms with Crippen LogP contribution in [0.5, 0.6) is 11.5 Å². The SMILES string of the molecule is O=C(Nc1ccncc1N1CCNCC1)c1cccc2c1OCCCO2. The van der Waals surface area contributed by atoms with Crippen molar-refractivity contribution in [2.24, 2.45) is 0 Å². The first kappa shape index (κ1) is 16.7. The van der Waals surface area contributed by atoms with Crippen LogP contribution in [0, 0.1) is 0 Å². The van der Waals surface area contributed by atoms with E-state index in [1.165, 1.54) is 0 Å². The van der Waals surface area contributed by atoms with Crippen molar-refractivity contribution >= 4 is 17.3 Å². The highest BCUT2D eigenvalue weighted by Gasteiger charge is 2.21. The van der Waals surface area contributed by atoms with E-state index >= 15 is 0 Å². The van der Waals surface area contributed by atoms with Gasteiger partial charge in [0.15, 0.2) is 11.5 Å². The van der Waals surface area contributed by atoms with Gasteiger partial charge in [-0.3, -0.25) is 9.78 Å². The summed E-state index contributed by atoms with van der Waals surface area (Å²) in [5.74, 6) is 0.919. The number of ether oxygens (including phenoxy) is 2. The van der Waals surface area contributed by atoms with Crippen LogP contribution in [0.1, 0.15) is 16.8 Å². The third kappa shape index (κ3) is 3.43. The number of para-hydroxylation sites is 1. The number of carbonyl (C=O) groups is 1. The summed E-state index contributed by atoms with van der Waals surface area (Å²) in [6.45, 7) is 4.73. The second kappa shape index (κ2) is 7.61. The van der Waals surface area contributed by atoms with Gasteiger partial charge in [0, 0.05) is 38.8 Å². The summed E-state index contributed by atoms with van der Waals surface area (Å²) in [7, 11) is 0. The number of hydrogen-bond acceptors (Lipinski definition) is 6. The Kier molecular flexibility index (Phi) is 4.88. The fourth-order valence-electron chi connectivity index (χ4n) is 3.21. The van der Waals surface area contributed by atoms with Crippen LogP contribution in [0.15, 0.2) is 36.7 Å². The standard InChI is InChI=1S/C19H22N4O3/c24-19(14-3-1-4-17-18(14)26-12-2-11-25-17)22-15-5-6-21-13-16(15)23-9-7-20-8-10-23/h1,3-6,13,20H,2,7-12H2,(H,21,22,24). The van der Waals surface area contributed by atoms with Gasteiger partial charge in [0.2, 0.25) is 0 Å². The van der Waals surface area contributed by atoms with Crippen LogP contribution >= 0.6 is 0 Å². The van der Waals surface area contributed by atoms with Crippen molar-refractivity contribution in [3.05, 3.63) is 42.2 Å². The number of rotatable bonds is 3. The average Bonchev–Trinajstić information content (AvgIpc) is 2.94. The van der Waals surface area contributed by atoms with Crippen LogP contribution in [-0.4, -0.2) is 50.3 Å². The fourth-order valence-corrected chi connectivity index (χ4v) is 3.21. The van der Waals surface area contributed by atoms with E-state index in [1.54, 1.807) is 18.5 Å². The van der Waals surface area contributed by atoms with Crippen LogP contribution in [-0.2, 0) is 0 Å². The second-order valence-corrected chi connectivity index (χ2v) is 6.27. The molecule has 1 aromatic carbocycles. The lowest BCUT2D eigenvalue weighted by Gasteiger charge is -2.30. The fraction of sp³-hybridized carbons (Fsp3) is 0.368. The number of nitrogens with zero attached hydrogens (tertiary/aromatic N) is 2. The molecule has 26 heavy (non-hydrogen) atoms. The number of benzene rings is 1. The highest BCUT2D eigenvalue weighted by atomic mass is 16.5. The summed E-state index contributed by atoms with van der Waals surface area (Å²) in [5, 5.41) is 6.35. The Morgan fingerprint density at radius 1 is 1.15 bits per heavy atom. The van der Waals surface area contributed by atoms with E-state index in [4.69, 9.17) is 9.47 Å². The number of aromatic nitrogens is 1. The topological polar surface area (TPSA) is 75.7 Å². The summed E-state index contributed by atoms with van der Waals surface area (Å²) in [6, 6.07) is 7.23. The van der Waals surface area contributed by atoms with Gasteiger partial charge in [-0.2, -0.15) is 0 Å². The van der Waals surface area contributed by atoms with E-state index in [-0.39, 0.29) is 5.91 Å². The zero-order valence-corrected chi connectivity index (χ0v) is 14.5. The molecule has 0 atom stereocenters. The Balaban J connectivity index is 1.60. The van der Waals surface area contributed by atoms with Crippen molar-refractivity contribution in [3.63, 3.8) is 0 Å². The molecule has 0 aliphatic carbocycles.